The highest BCUT2D eigenvalue weighted by atomic mass is 35.5. The molecular weight excluding hydrogens is 494 g/mol. The molecule has 0 bridgehead atoms. The van der Waals surface area contributed by atoms with Crippen LogP contribution in [0.2, 0.25) is 5.02 Å². The Labute approximate surface area is 207 Å². The molecule has 0 aliphatic heterocycles. The lowest BCUT2D eigenvalue weighted by Gasteiger charge is -2.09. The van der Waals surface area contributed by atoms with Crippen LogP contribution in [-0.4, -0.2) is 29.9 Å². The Bertz CT molecular complexity index is 1690. The molecule has 0 saturated heterocycles. The van der Waals surface area contributed by atoms with E-state index in [1.165, 1.54) is 56.6 Å². The molecule has 3 heterocycles. The molecular formula is C24H17ClF2N6O3. The number of nitrogens with zero attached hydrogens (tertiary/aromatic N) is 5. The molecule has 0 unspecified atom stereocenters. The van der Waals surface area contributed by atoms with E-state index >= 15 is 0 Å². The average Bonchev–Trinajstić information content (AvgIpc) is 3.32. The standard InChI is InChI=1S/C24H17ClF2N6O3/c1-13-21(24(35)33(31(13)2)17-6-3-15(26)4-7-17)22(34)30-16-5-8-20(18(27)10-16)36-23-19-9-14(25)11-32(19)29-12-28-23/h3-12H,1-2H3,(H,30,34). The number of hydrogen-bond donors (Lipinski definition) is 1. The maximum absolute atomic E-state index is 14.8. The van der Waals surface area contributed by atoms with Crippen molar-refractivity contribution in [2.75, 3.05) is 5.32 Å². The number of hydrogen-bond acceptors (Lipinski definition) is 5. The van der Waals surface area contributed by atoms with Gasteiger partial charge in [0, 0.05) is 25.0 Å². The molecule has 0 aliphatic rings. The number of carbonyl (C=O) groups is 1. The molecule has 0 atom stereocenters. The van der Waals surface area contributed by atoms with Gasteiger partial charge in [0.2, 0.25) is 5.88 Å². The van der Waals surface area contributed by atoms with Crippen molar-refractivity contribution in [2.45, 2.75) is 6.92 Å². The fourth-order valence-corrected chi connectivity index (χ4v) is 3.95. The lowest BCUT2D eigenvalue weighted by molar-refractivity contribution is 0.102. The summed E-state index contributed by atoms with van der Waals surface area (Å²) < 4.78 is 37.9. The molecule has 5 rings (SSSR count). The Morgan fingerprint density at radius 2 is 1.86 bits per heavy atom. The van der Waals surface area contributed by atoms with Gasteiger partial charge in [-0.05, 0) is 49.4 Å². The van der Waals surface area contributed by atoms with Crippen LogP contribution in [0.3, 0.4) is 0 Å². The largest absolute Gasteiger partial charge is 0.434 e. The van der Waals surface area contributed by atoms with Gasteiger partial charge in [-0.3, -0.25) is 14.3 Å². The summed E-state index contributed by atoms with van der Waals surface area (Å²) in [4.78, 5) is 30.0. The van der Waals surface area contributed by atoms with Crippen molar-refractivity contribution in [3.8, 4) is 17.3 Å². The summed E-state index contributed by atoms with van der Waals surface area (Å²) >= 11 is 5.98. The van der Waals surface area contributed by atoms with E-state index in [2.05, 4.69) is 15.4 Å². The number of fused-ring (bicyclic) bond motifs is 1. The molecule has 182 valence electrons. The third-order valence-electron chi connectivity index (χ3n) is 5.59. The SMILES string of the molecule is Cc1c(C(=O)Nc2ccc(Oc3ncnn4cc(Cl)cc34)c(F)c2)c(=O)n(-c2ccc(F)cc2)n1C. The number of carbonyl (C=O) groups excluding carboxylic acids is 1. The molecule has 2 aromatic carbocycles. The van der Waals surface area contributed by atoms with Crippen LogP contribution in [0.4, 0.5) is 14.5 Å². The van der Waals surface area contributed by atoms with Crippen molar-refractivity contribution in [3.05, 3.63) is 99.3 Å². The van der Waals surface area contributed by atoms with Gasteiger partial charge in [-0.2, -0.15) is 10.1 Å². The highest BCUT2D eigenvalue weighted by Crippen LogP contribution is 2.29. The average molecular weight is 511 g/mol. The van der Waals surface area contributed by atoms with Crippen LogP contribution in [-0.2, 0) is 7.05 Å². The number of amides is 1. The highest BCUT2D eigenvalue weighted by Gasteiger charge is 2.23. The summed E-state index contributed by atoms with van der Waals surface area (Å²) in [6.07, 6.45) is 2.79. The predicted molar refractivity (Wildman–Crippen MR) is 128 cm³/mol. The quantitative estimate of drug-likeness (QED) is 0.375. The van der Waals surface area contributed by atoms with E-state index in [0.29, 0.717) is 21.9 Å². The van der Waals surface area contributed by atoms with Crippen LogP contribution in [0.25, 0.3) is 11.2 Å². The van der Waals surface area contributed by atoms with Gasteiger partial charge in [0.1, 0.15) is 23.2 Å². The number of nitrogens with one attached hydrogen (secondary N) is 1. The van der Waals surface area contributed by atoms with Gasteiger partial charge < -0.3 is 10.1 Å². The third-order valence-corrected chi connectivity index (χ3v) is 5.79. The maximum Gasteiger partial charge on any atom is 0.284 e. The zero-order valence-electron chi connectivity index (χ0n) is 18.9. The van der Waals surface area contributed by atoms with Crippen LogP contribution in [0, 0.1) is 18.6 Å². The zero-order valence-corrected chi connectivity index (χ0v) is 19.6. The molecule has 1 N–H and O–H groups in total. The third kappa shape index (κ3) is 4.09. The van der Waals surface area contributed by atoms with E-state index in [0.717, 1.165) is 6.07 Å². The van der Waals surface area contributed by atoms with E-state index < -0.39 is 23.1 Å². The fourth-order valence-electron chi connectivity index (χ4n) is 3.76. The minimum absolute atomic E-state index is 0.0915. The summed E-state index contributed by atoms with van der Waals surface area (Å²) in [7, 11) is 1.60. The van der Waals surface area contributed by atoms with E-state index in [-0.39, 0.29) is 22.9 Å². The summed E-state index contributed by atoms with van der Waals surface area (Å²) in [5.74, 6) is -1.99. The van der Waals surface area contributed by atoms with Crippen molar-refractivity contribution in [3.63, 3.8) is 0 Å². The maximum atomic E-state index is 14.8. The first-order valence-corrected chi connectivity index (χ1v) is 10.9. The first kappa shape index (κ1) is 23.2. The van der Waals surface area contributed by atoms with Crippen molar-refractivity contribution in [1.29, 1.82) is 0 Å². The molecule has 1 amide bonds. The van der Waals surface area contributed by atoms with E-state index in [9.17, 15) is 18.4 Å². The molecule has 9 nitrogen and oxygen atoms in total. The van der Waals surface area contributed by atoms with Crippen LogP contribution in [0.15, 0.2) is 65.8 Å². The second-order valence-electron chi connectivity index (χ2n) is 7.83. The minimum atomic E-state index is -0.768. The molecule has 36 heavy (non-hydrogen) atoms. The number of rotatable bonds is 5. The monoisotopic (exact) mass is 510 g/mol. The van der Waals surface area contributed by atoms with Crippen LogP contribution >= 0.6 is 11.6 Å². The van der Waals surface area contributed by atoms with Gasteiger partial charge >= 0.3 is 0 Å². The lowest BCUT2D eigenvalue weighted by Crippen LogP contribution is -2.25. The lowest BCUT2D eigenvalue weighted by atomic mass is 10.2. The number of halogens is 3. The van der Waals surface area contributed by atoms with Crippen molar-refractivity contribution < 1.29 is 18.3 Å². The fraction of sp³-hybridized carbons (Fsp3) is 0.0833. The molecule has 0 saturated carbocycles. The normalized spacial score (nSPS) is 11.1. The first-order valence-electron chi connectivity index (χ1n) is 10.5. The van der Waals surface area contributed by atoms with Crippen LogP contribution in [0.5, 0.6) is 11.6 Å². The van der Waals surface area contributed by atoms with Gasteiger partial charge in [0.25, 0.3) is 11.5 Å². The Kier molecular flexibility index (Phi) is 5.77. The smallest absolute Gasteiger partial charge is 0.284 e. The van der Waals surface area contributed by atoms with Crippen LogP contribution < -0.4 is 15.6 Å². The number of ether oxygens (including phenoxy) is 1. The molecule has 0 radical (unpaired) electrons. The summed E-state index contributed by atoms with van der Waals surface area (Å²) in [6.45, 7) is 1.60. The van der Waals surface area contributed by atoms with E-state index in [1.54, 1.807) is 26.2 Å². The Hall–Kier alpha value is -4.51. The van der Waals surface area contributed by atoms with Gasteiger partial charge in [0.15, 0.2) is 11.6 Å². The van der Waals surface area contributed by atoms with Gasteiger partial charge in [-0.1, -0.05) is 11.6 Å². The summed E-state index contributed by atoms with van der Waals surface area (Å²) in [5, 5.41) is 6.95. The molecule has 0 aliphatic carbocycles. The topological polar surface area (TPSA) is 95.5 Å². The van der Waals surface area contributed by atoms with Crippen molar-refractivity contribution >= 4 is 28.7 Å². The molecule has 0 fully saturated rings. The van der Waals surface area contributed by atoms with Crippen molar-refractivity contribution in [1.82, 2.24) is 24.0 Å². The van der Waals surface area contributed by atoms with Gasteiger partial charge in [0.05, 0.1) is 16.4 Å². The Balaban J connectivity index is 1.40. The van der Waals surface area contributed by atoms with Crippen LogP contribution in [0.1, 0.15) is 16.1 Å². The number of benzene rings is 2. The molecule has 12 heteroatoms. The van der Waals surface area contributed by atoms with Gasteiger partial charge in [-0.25, -0.2) is 18.0 Å². The number of aromatic nitrogens is 5. The Morgan fingerprint density at radius 1 is 1.11 bits per heavy atom. The summed E-state index contributed by atoms with van der Waals surface area (Å²) in [6, 6.07) is 10.7. The number of anilines is 1. The Morgan fingerprint density at radius 3 is 2.58 bits per heavy atom. The predicted octanol–water partition coefficient (Wildman–Crippen LogP) is 4.50. The first-order chi connectivity index (χ1) is 17.2. The van der Waals surface area contributed by atoms with E-state index in [1.807, 2.05) is 0 Å². The zero-order chi connectivity index (χ0) is 25.6. The summed E-state index contributed by atoms with van der Waals surface area (Å²) in [5.41, 5.74) is 0.590. The second-order valence-corrected chi connectivity index (χ2v) is 8.27. The van der Waals surface area contributed by atoms with E-state index in [4.69, 9.17) is 16.3 Å². The highest BCUT2D eigenvalue weighted by molar-refractivity contribution is 6.31. The van der Waals surface area contributed by atoms with Gasteiger partial charge in [-0.15, -0.1) is 0 Å². The second kappa shape index (κ2) is 8.93. The molecule has 5 aromatic rings. The molecule has 0 spiro atoms. The minimum Gasteiger partial charge on any atom is -0.434 e. The molecule has 3 aromatic heterocycles. The van der Waals surface area contributed by atoms with Crippen molar-refractivity contribution in [2.24, 2.45) is 7.05 Å².